The molecule has 0 atom stereocenters. The molecule has 0 aromatic carbocycles. The number of hydrogen-bond acceptors (Lipinski definition) is 4. The Morgan fingerprint density at radius 1 is 1.25 bits per heavy atom. The Bertz CT molecular complexity index is 351. The van der Waals surface area contributed by atoms with Gasteiger partial charge in [-0.2, -0.15) is 0 Å². The van der Waals surface area contributed by atoms with Gasteiger partial charge in [-0.3, -0.25) is 0 Å². The first kappa shape index (κ1) is 10.1. The third kappa shape index (κ3) is 1.71. The SMILES string of the molecule is NC1CCN(c2cnoc2C2CCC2)CC1. The summed E-state index contributed by atoms with van der Waals surface area (Å²) in [4.78, 5) is 2.38. The summed E-state index contributed by atoms with van der Waals surface area (Å²) in [6.45, 7) is 2.09. The van der Waals surface area contributed by atoms with E-state index in [1.165, 1.54) is 24.9 Å². The molecule has 0 radical (unpaired) electrons. The largest absolute Gasteiger partial charge is 0.367 e. The fourth-order valence-electron chi connectivity index (χ4n) is 2.58. The highest BCUT2D eigenvalue weighted by Crippen LogP contribution is 2.41. The molecule has 2 heterocycles. The number of aromatic nitrogens is 1. The predicted octanol–water partition coefficient (Wildman–Crippen LogP) is 1.87. The molecule has 1 aliphatic heterocycles. The van der Waals surface area contributed by atoms with Gasteiger partial charge in [-0.15, -0.1) is 0 Å². The zero-order valence-corrected chi connectivity index (χ0v) is 9.56. The van der Waals surface area contributed by atoms with Crippen molar-refractivity contribution in [2.75, 3.05) is 18.0 Å². The Morgan fingerprint density at radius 3 is 2.62 bits per heavy atom. The van der Waals surface area contributed by atoms with Crippen LogP contribution >= 0.6 is 0 Å². The van der Waals surface area contributed by atoms with Gasteiger partial charge >= 0.3 is 0 Å². The van der Waals surface area contributed by atoms with Gasteiger partial charge in [0.25, 0.3) is 0 Å². The lowest BCUT2D eigenvalue weighted by atomic mass is 9.83. The quantitative estimate of drug-likeness (QED) is 0.828. The van der Waals surface area contributed by atoms with Gasteiger partial charge in [-0.05, 0) is 25.7 Å². The molecule has 0 unspecified atom stereocenters. The van der Waals surface area contributed by atoms with E-state index in [2.05, 4.69) is 10.1 Å². The standard InChI is InChI=1S/C12H19N3O/c13-10-4-6-15(7-5-10)11-8-14-16-12(11)9-2-1-3-9/h8-10H,1-7,13H2. The average Bonchev–Trinajstić information content (AvgIpc) is 2.65. The minimum atomic E-state index is 0.378. The highest BCUT2D eigenvalue weighted by Gasteiger charge is 2.29. The van der Waals surface area contributed by atoms with E-state index in [9.17, 15) is 0 Å². The van der Waals surface area contributed by atoms with E-state index in [1.54, 1.807) is 0 Å². The van der Waals surface area contributed by atoms with Gasteiger partial charge in [0.2, 0.25) is 0 Å². The van der Waals surface area contributed by atoms with Gasteiger partial charge in [0.15, 0.2) is 5.76 Å². The van der Waals surface area contributed by atoms with Crippen molar-refractivity contribution < 1.29 is 4.52 Å². The van der Waals surface area contributed by atoms with E-state index in [0.717, 1.165) is 31.7 Å². The third-order valence-electron chi connectivity index (χ3n) is 3.93. The van der Waals surface area contributed by atoms with Crippen LogP contribution in [0.5, 0.6) is 0 Å². The lowest BCUT2D eigenvalue weighted by molar-refractivity contribution is 0.300. The van der Waals surface area contributed by atoms with Crippen LogP contribution in [0.4, 0.5) is 5.69 Å². The van der Waals surface area contributed by atoms with Crippen molar-refractivity contribution >= 4 is 5.69 Å². The maximum atomic E-state index is 5.92. The Labute approximate surface area is 95.8 Å². The van der Waals surface area contributed by atoms with Crippen molar-refractivity contribution in [3.05, 3.63) is 12.0 Å². The van der Waals surface area contributed by atoms with Crippen molar-refractivity contribution in [1.82, 2.24) is 5.16 Å². The summed E-state index contributed by atoms with van der Waals surface area (Å²) in [6.07, 6.45) is 7.88. The summed E-state index contributed by atoms with van der Waals surface area (Å²) < 4.78 is 5.43. The molecule has 4 heteroatoms. The van der Waals surface area contributed by atoms with E-state index in [-0.39, 0.29) is 0 Å². The summed E-state index contributed by atoms with van der Waals surface area (Å²) in [7, 11) is 0. The molecular weight excluding hydrogens is 202 g/mol. The minimum absolute atomic E-state index is 0.378. The number of nitrogens with zero attached hydrogens (tertiary/aromatic N) is 2. The normalized spacial score (nSPS) is 23.4. The van der Waals surface area contributed by atoms with Crippen LogP contribution in [0.1, 0.15) is 43.8 Å². The molecule has 0 spiro atoms. The van der Waals surface area contributed by atoms with Gasteiger partial charge in [-0.1, -0.05) is 11.6 Å². The first-order chi connectivity index (χ1) is 7.84. The van der Waals surface area contributed by atoms with Crippen LogP contribution in [-0.4, -0.2) is 24.3 Å². The number of rotatable bonds is 2. The summed E-state index contributed by atoms with van der Waals surface area (Å²) in [5, 5.41) is 3.97. The highest BCUT2D eigenvalue weighted by molar-refractivity contribution is 5.50. The summed E-state index contributed by atoms with van der Waals surface area (Å²) in [5.41, 5.74) is 7.14. The molecule has 0 bridgehead atoms. The summed E-state index contributed by atoms with van der Waals surface area (Å²) in [6, 6.07) is 0.378. The molecule has 4 nitrogen and oxygen atoms in total. The van der Waals surface area contributed by atoms with Crippen molar-refractivity contribution in [3.8, 4) is 0 Å². The molecular formula is C12H19N3O. The van der Waals surface area contributed by atoms with Crippen LogP contribution in [0, 0.1) is 0 Å². The molecule has 1 aliphatic carbocycles. The molecule has 1 saturated carbocycles. The third-order valence-corrected chi connectivity index (χ3v) is 3.93. The lowest BCUT2D eigenvalue weighted by Gasteiger charge is -2.33. The van der Waals surface area contributed by atoms with Crippen LogP contribution in [0.2, 0.25) is 0 Å². The molecule has 2 N–H and O–H groups in total. The van der Waals surface area contributed by atoms with E-state index < -0.39 is 0 Å². The maximum absolute atomic E-state index is 5.92. The summed E-state index contributed by atoms with van der Waals surface area (Å²) in [5.74, 6) is 1.73. The maximum Gasteiger partial charge on any atom is 0.163 e. The molecule has 3 rings (SSSR count). The van der Waals surface area contributed by atoms with Gasteiger partial charge < -0.3 is 15.2 Å². The fraction of sp³-hybridized carbons (Fsp3) is 0.750. The monoisotopic (exact) mass is 221 g/mol. The molecule has 1 aromatic heterocycles. The van der Waals surface area contributed by atoms with E-state index in [0.29, 0.717) is 12.0 Å². The Kier molecular flexibility index (Phi) is 2.59. The second kappa shape index (κ2) is 4.09. The second-order valence-corrected chi connectivity index (χ2v) is 5.03. The van der Waals surface area contributed by atoms with E-state index in [4.69, 9.17) is 10.3 Å². The minimum Gasteiger partial charge on any atom is -0.367 e. The molecule has 88 valence electrons. The number of anilines is 1. The molecule has 16 heavy (non-hydrogen) atoms. The van der Waals surface area contributed by atoms with Crippen molar-refractivity contribution in [3.63, 3.8) is 0 Å². The smallest absolute Gasteiger partial charge is 0.163 e. The van der Waals surface area contributed by atoms with Crippen molar-refractivity contribution in [2.24, 2.45) is 5.73 Å². The van der Waals surface area contributed by atoms with E-state index >= 15 is 0 Å². The lowest BCUT2D eigenvalue weighted by Crippen LogP contribution is -2.40. The Balaban J connectivity index is 1.75. The Hall–Kier alpha value is -1.03. The van der Waals surface area contributed by atoms with Gasteiger partial charge in [-0.25, -0.2) is 0 Å². The van der Waals surface area contributed by atoms with Crippen LogP contribution in [0.15, 0.2) is 10.7 Å². The van der Waals surface area contributed by atoms with Gasteiger partial charge in [0.1, 0.15) is 5.69 Å². The number of piperidine rings is 1. The van der Waals surface area contributed by atoms with Gasteiger partial charge in [0, 0.05) is 25.0 Å². The topological polar surface area (TPSA) is 55.3 Å². The zero-order valence-electron chi connectivity index (χ0n) is 9.56. The molecule has 1 saturated heterocycles. The average molecular weight is 221 g/mol. The first-order valence-electron chi connectivity index (χ1n) is 6.29. The number of hydrogen-bond donors (Lipinski definition) is 1. The predicted molar refractivity (Wildman–Crippen MR) is 62.5 cm³/mol. The fourth-order valence-corrected chi connectivity index (χ4v) is 2.58. The first-order valence-corrected chi connectivity index (χ1v) is 6.29. The van der Waals surface area contributed by atoms with Crippen molar-refractivity contribution in [1.29, 1.82) is 0 Å². The van der Waals surface area contributed by atoms with Crippen LogP contribution < -0.4 is 10.6 Å². The Morgan fingerprint density at radius 2 is 2.00 bits per heavy atom. The van der Waals surface area contributed by atoms with Crippen LogP contribution in [0.25, 0.3) is 0 Å². The highest BCUT2D eigenvalue weighted by atomic mass is 16.5. The summed E-state index contributed by atoms with van der Waals surface area (Å²) >= 11 is 0. The zero-order chi connectivity index (χ0) is 11.0. The molecule has 1 aromatic rings. The van der Waals surface area contributed by atoms with Crippen LogP contribution in [-0.2, 0) is 0 Å². The molecule has 2 aliphatic rings. The van der Waals surface area contributed by atoms with Crippen molar-refractivity contribution in [2.45, 2.75) is 44.1 Å². The van der Waals surface area contributed by atoms with Gasteiger partial charge in [0.05, 0.1) is 6.20 Å². The second-order valence-electron chi connectivity index (χ2n) is 5.03. The van der Waals surface area contributed by atoms with E-state index in [1.807, 2.05) is 6.20 Å². The molecule has 2 fully saturated rings. The van der Waals surface area contributed by atoms with Crippen LogP contribution in [0.3, 0.4) is 0 Å². The number of nitrogens with two attached hydrogens (primary N) is 1. The molecule has 0 amide bonds.